The van der Waals surface area contributed by atoms with Crippen molar-refractivity contribution in [2.24, 2.45) is 0 Å². The number of hydrogen-bond acceptors (Lipinski definition) is 3. The van der Waals surface area contributed by atoms with Crippen LogP contribution in [-0.4, -0.2) is 24.8 Å². The van der Waals surface area contributed by atoms with Crippen molar-refractivity contribution in [2.75, 3.05) is 7.05 Å². The van der Waals surface area contributed by atoms with E-state index in [1.165, 1.54) is 25.2 Å². The standard InChI is InChI=1S/C13H11ClF2N2O2S/c1-18(8-9-2-4-11(15)12(16)6-9)21(19,20)10-3-5-13(14)17-7-10/h2-7H,8H2,1H3. The predicted octanol–water partition coefficient (Wildman–Crippen LogP) is 2.83. The fourth-order valence-corrected chi connectivity index (χ4v) is 2.89. The van der Waals surface area contributed by atoms with Gasteiger partial charge in [-0.15, -0.1) is 0 Å². The second kappa shape index (κ2) is 6.05. The molecular formula is C13H11ClF2N2O2S. The van der Waals surface area contributed by atoms with Gasteiger partial charge in [0.25, 0.3) is 0 Å². The molecule has 0 aliphatic carbocycles. The molecule has 0 bridgehead atoms. The molecule has 21 heavy (non-hydrogen) atoms. The van der Waals surface area contributed by atoms with Crippen molar-refractivity contribution in [3.63, 3.8) is 0 Å². The predicted molar refractivity (Wildman–Crippen MR) is 74.3 cm³/mol. The van der Waals surface area contributed by atoms with Gasteiger partial charge in [0.05, 0.1) is 0 Å². The SMILES string of the molecule is CN(Cc1ccc(F)c(F)c1)S(=O)(=O)c1ccc(Cl)nc1. The maximum Gasteiger partial charge on any atom is 0.244 e. The summed E-state index contributed by atoms with van der Waals surface area (Å²) >= 11 is 5.61. The molecule has 1 aromatic carbocycles. The normalized spacial score (nSPS) is 11.9. The number of pyridine rings is 1. The summed E-state index contributed by atoms with van der Waals surface area (Å²) in [6, 6.07) is 5.92. The first-order valence-corrected chi connectivity index (χ1v) is 7.64. The van der Waals surface area contributed by atoms with E-state index in [1.54, 1.807) is 0 Å². The molecule has 4 nitrogen and oxygen atoms in total. The summed E-state index contributed by atoms with van der Waals surface area (Å²) < 4.78 is 51.5. The lowest BCUT2D eigenvalue weighted by Gasteiger charge is -2.17. The van der Waals surface area contributed by atoms with Crippen LogP contribution >= 0.6 is 11.6 Å². The fraction of sp³-hybridized carbons (Fsp3) is 0.154. The van der Waals surface area contributed by atoms with Crippen LogP contribution in [0.2, 0.25) is 5.15 Å². The zero-order valence-electron chi connectivity index (χ0n) is 10.9. The number of nitrogens with zero attached hydrogens (tertiary/aromatic N) is 2. The Balaban J connectivity index is 2.24. The first-order valence-electron chi connectivity index (χ1n) is 5.82. The van der Waals surface area contributed by atoms with Gasteiger partial charge in [0.15, 0.2) is 11.6 Å². The monoisotopic (exact) mass is 332 g/mol. The van der Waals surface area contributed by atoms with E-state index in [0.29, 0.717) is 5.56 Å². The van der Waals surface area contributed by atoms with Gasteiger partial charge in [-0.05, 0) is 29.8 Å². The summed E-state index contributed by atoms with van der Waals surface area (Å²) in [5.41, 5.74) is 0.335. The van der Waals surface area contributed by atoms with Gasteiger partial charge in [0, 0.05) is 19.8 Å². The van der Waals surface area contributed by atoms with Crippen molar-refractivity contribution < 1.29 is 17.2 Å². The Hall–Kier alpha value is -1.57. The third-order valence-corrected chi connectivity index (χ3v) is 4.81. The molecule has 0 saturated heterocycles. The number of aromatic nitrogens is 1. The highest BCUT2D eigenvalue weighted by Crippen LogP contribution is 2.18. The van der Waals surface area contributed by atoms with Crippen molar-refractivity contribution in [3.8, 4) is 0 Å². The molecule has 0 atom stereocenters. The molecule has 112 valence electrons. The summed E-state index contributed by atoms with van der Waals surface area (Å²) in [5.74, 6) is -2.00. The maximum atomic E-state index is 13.1. The van der Waals surface area contributed by atoms with Crippen LogP contribution in [-0.2, 0) is 16.6 Å². The average Bonchev–Trinajstić information content (AvgIpc) is 2.43. The molecule has 0 radical (unpaired) electrons. The summed E-state index contributed by atoms with van der Waals surface area (Å²) in [6.07, 6.45) is 1.14. The summed E-state index contributed by atoms with van der Waals surface area (Å²) in [6.45, 7) is -0.0951. The van der Waals surface area contributed by atoms with Crippen LogP contribution in [0.25, 0.3) is 0 Å². The van der Waals surface area contributed by atoms with Gasteiger partial charge in [-0.25, -0.2) is 22.2 Å². The van der Waals surface area contributed by atoms with Crippen LogP contribution in [0.4, 0.5) is 8.78 Å². The topological polar surface area (TPSA) is 50.3 Å². The van der Waals surface area contributed by atoms with Crippen LogP contribution in [0, 0.1) is 11.6 Å². The number of hydrogen-bond donors (Lipinski definition) is 0. The van der Waals surface area contributed by atoms with Gasteiger partial charge in [-0.3, -0.25) is 0 Å². The van der Waals surface area contributed by atoms with Crippen molar-refractivity contribution in [1.29, 1.82) is 0 Å². The molecule has 2 rings (SSSR count). The van der Waals surface area contributed by atoms with E-state index < -0.39 is 21.7 Å². The van der Waals surface area contributed by atoms with Crippen LogP contribution in [0.3, 0.4) is 0 Å². The number of sulfonamides is 1. The molecule has 0 aliphatic rings. The molecule has 0 amide bonds. The molecule has 0 aliphatic heterocycles. The number of rotatable bonds is 4. The Labute approximate surface area is 126 Å². The third-order valence-electron chi connectivity index (χ3n) is 2.80. The van der Waals surface area contributed by atoms with E-state index in [-0.39, 0.29) is 16.6 Å². The van der Waals surface area contributed by atoms with E-state index in [0.717, 1.165) is 22.6 Å². The molecule has 0 fully saturated rings. The van der Waals surface area contributed by atoms with E-state index >= 15 is 0 Å². The number of halogens is 3. The highest BCUT2D eigenvalue weighted by Gasteiger charge is 2.21. The van der Waals surface area contributed by atoms with Gasteiger partial charge in [0.2, 0.25) is 10.0 Å². The van der Waals surface area contributed by atoms with Gasteiger partial charge in [0.1, 0.15) is 10.0 Å². The van der Waals surface area contributed by atoms with Crippen LogP contribution in [0.1, 0.15) is 5.56 Å². The lowest BCUT2D eigenvalue weighted by Crippen LogP contribution is -2.26. The zero-order chi connectivity index (χ0) is 15.6. The molecule has 0 saturated carbocycles. The third kappa shape index (κ3) is 3.55. The summed E-state index contributed by atoms with van der Waals surface area (Å²) in [4.78, 5) is 3.68. The average molecular weight is 333 g/mol. The molecule has 1 heterocycles. The van der Waals surface area contributed by atoms with Crippen LogP contribution in [0.5, 0.6) is 0 Å². The molecule has 8 heteroatoms. The zero-order valence-corrected chi connectivity index (χ0v) is 12.5. The first-order chi connectivity index (χ1) is 9.80. The lowest BCUT2D eigenvalue weighted by molar-refractivity contribution is 0.461. The quantitative estimate of drug-likeness (QED) is 0.809. The Morgan fingerprint density at radius 1 is 1.19 bits per heavy atom. The van der Waals surface area contributed by atoms with Crippen LogP contribution in [0.15, 0.2) is 41.4 Å². The summed E-state index contributed by atoms with van der Waals surface area (Å²) in [5, 5.41) is 0.178. The molecule has 1 aromatic heterocycles. The smallest absolute Gasteiger partial charge is 0.243 e. The van der Waals surface area contributed by atoms with Crippen molar-refractivity contribution >= 4 is 21.6 Å². The minimum Gasteiger partial charge on any atom is -0.243 e. The highest BCUT2D eigenvalue weighted by atomic mass is 35.5. The van der Waals surface area contributed by atoms with Gasteiger partial charge in [-0.1, -0.05) is 17.7 Å². The van der Waals surface area contributed by atoms with Crippen molar-refractivity contribution in [2.45, 2.75) is 11.4 Å². The maximum absolute atomic E-state index is 13.1. The highest BCUT2D eigenvalue weighted by molar-refractivity contribution is 7.89. The van der Waals surface area contributed by atoms with Crippen LogP contribution < -0.4 is 0 Å². The molecule has 2 aromatic rings. The number of benzene rings is 1. The van der Waals surface area contributed by atoms with Gasteiger partial charge in [-0.2, -0.15) is 4.31 Å². The molecular weight excluding hydrogens is 322 g/mol. The first kappa shape index (κ1) is 15.8. The van der Waals surface area contributed by atoms with Crippen molar-refractivity contribution in [3.05, 3.63) is 58.9 Å². The van der Waals surface area contributed by atoms with E-state index in [1.807, 2.05) is 0 Å². The molecule has 0 N–H and O–H groups in total. The Bertz CT molecular complexity index is 751. The molecule has 0 unspecified atom stereocenters. The second-order valence-electron chi connectivity index (χ2n) is 4.33. The van der Waals surface area contributed by atoms with Gasteiger partial charge < -0.3 is 0 Å². The second-order valence-corrected chi connectivity index (χ2v) is 6.76. The van der Waals surface area contributed by atoms with Crippen molar-refractivity contribution in [1.82, 2.24) is 9.29 Å². The Kier molecular flexibility index (Phi) is 4.55. The van der Waals surface area contributed by atoms with E-state index in [4.69, 9.17) is 11.6 Å². The minimum atomic E-state index is -3.78. The Morgan fingerprint density at radius 2 is 1.90 bits per heavy atom. The van der Waals surface area contributed by atoms with E-state index in [2.05, 4.69) is 4.98 Å². The Morgan fingerprint density at radius 3 is 2.48 bits per heavy atom. The lowest BCUT2D eigenvalue weighted by atomic mass is 10.2. The molecule has 0 spiro atoms. The van der Waals surface area contributed by atoms with E-state index in [9.17, 15) is 17.2 Å². The minimum absolute atomic E-state index is 0.0306. The fourth-order valence-electron chi connectivity index (χ4n) is 1.67. The van der Waals surface area contributed by atoms with Gasteiger partial charge >= 0.3 is 0 Å². The largest absolute Gasteiger partial charge is 0.244 e. The summed E-state index contributed by atoms with van der Waals surface area (Å²) in [7, 11) is -2.44.